The van der Waals surface area contributed by atoms with E-state index >= 15 is 0 Å². The lowest BCUT2D eigenvalue weighted by molar-refractivity contribution is -0.139. The van der Waals surface area contributed by atoms with Crippen molar-refractivity contribution in [1.82, 2.24) is 5.32 Å². The fourth-order valence-corrected chi connectivity index (χ4v) is 4.93. The summed E-state index contributed by atoms with van der Waals surface area (Å²) < 4.78 is 22.3. The summed E-state index contributed by atoms with van der Waals surface area (Å²) in [4.78, 5) is 26.8. The van der Waals surface area contributed by atoms with E-state index in [0.29, 0.717) is 53.6 Å². The molecule has 0 unspecified atom stereocenters. The third-order valence-electron chi connectivity index (χ3n) is 6.70. The summed E-state index contributed by atoms with van der Waals surface area (Å²) in [5.74, 6) is 1.54. The molecule has 0 amide bonds. The molecule has 1 aromatic carbocycles. The number of carbonyl (C=O) groups excluding carboxylic acids is 2. The Hall–Kier alpha value is -3.48. The molecular weight excluding hydrogens is 446 g/mol. The van der Waals surface area contributed by atoms with E-state index in [1.165, 1.54) is 0 Å². The molecule has 186 valence electrons. The number of aryl methyl sites for hydroxylation is 1. The van der Waals surface area contributed by atoms with Gasteiger partial charge in [0.05, 0.1) is 32.3 Å². The van der Waals surface area contributed by atoms with Crippen LogP contribution in [0.4, 0.5) is 0 Å². The largest absolute Gasteiger partial charge is 0.493 e. The van der Waals surface area contributed by atoms with Crippen LogP contribution in [0.25, 0.3) is 0 Å². The lowest BCUT2D eigenvalue weighted by atomic mass is 9.73. The van der Waals surface area contributed by atoms with Crippen molar-refractivity contribution in [3.05, 3.63) is 70.0 Å². The number of benzene rings is 1. The van der Waals surface area contributed by atoms with Crippen LogP contribution in [0.1, 0.15) is 68.5 Å². The third kappa shape index (κ3) is 4.85. The lowest BCUT2D eigenvalue weighted by Gasteiger charge is -2.35. The van der Waals surface area contributed by atoms with Crippen LogP contribution in [0, 0.1) is 6.92 Å². The average molecular weight is 480 g/mol. The van der Waals surface area contributed by atoms with Crippen molar-refractivity contribution >= 4 is 11.8 Å². The van der Waals surface area contributed by atoms with Gasteiger partial charge in [0.2, 0.25) is 0 Å². The molecule has 1 aliphatic heterocycles. The Labute approximate surface area is 206 Å². The average Bonchev–Trinajstić information content (AvgIpc) is 3.28. The predicted octanol–water partition coefficient (Wildman–Crippen LogP) is 5.31. The van der Waals surface area contributed by atoms with Gasteiger partial charge in [-0.15, -0.1) is 0 Å². The van der Waals surface area contributed by atoms with Crippen LogP contribution >= 0.6 is 0 Å². The first-order valence-electron chi connectivity index (χ1n) is 12.1. The summed E-state index contributed by atoms with van der Waals surface area (Å²) >= 11 is 0. The van der Waals surface area contributed by atoms with Crippen LogP contribution in [0.15, 0.2) is 57.3 Å². The van der Waals surface area contributed by atoms with Gasteiger partial charge in [-0.2, -0.15) is 0 Å². The first-order chi connectivity index (χ1) is 16.9. The Bertz CT molecular complexity index is 1190. The van der Waals surface area contributed by atoms with E-state index in [1.54, 1.807) is 14.2 Å². The van der Waals surface area contributed by atoms with Gasteiger partial charge < -0.3 is 23.9 Å². The smallest absolute Gasteiger partial charge is 0.336 e. The van der Waals surface area contributed by atoms with Crippen LogP contribution in [-0.4, -0.2) is 32.6 Å². The van der Waals surface area contributed by atoms with Gasteiger partial charge in [0.1, 0.15) is 11.5 Å². The Kier molecular flexibility index (Phi) is 7.34. The third-order valence-corrected chi connectivity index (χ3v) is 6.70. The number of unbranched alkanes of at least 4 members (excludes halogenated alkanes) is 1. The molecule has 2 aliphatic rings. The lowest BCUT2D eigenvalue weighted by Crippen LogP contribution is -2.36. The molecule has 4 rings (SSSR count). The second-order valence-electron chi connectivity index (χ2n) is 9.07. The molecule has 1 aromatic heterocycles. The maximum absolute atomic E-state index is 13.6. The zero-order valence-corrected chi connectivity index (χ0v) is 21.0. The van der Waals surface area contributed by atoms with Crippen LogP contribution in [0.5, 0.6) is 11.5 Å². The Morgan fingerprint density at radius 2 is 1.86 bits per heavy atom. The van der Waals surface area contributed by atoms with Crippen molar-refractivity contribution in [1.29, 1.82) is 0 Å². The van der Waals surface area contributed by atoms with Gasteiger partial charge >= 0.3 is 5.97 Å². The molecule has 0 spiro atoms. The van der Waals surface area contributed by atoms with Crippen molar-refractivity contribution in [2.75, 3.05) is 20.8 Å². The number of hydrogen-bond acceptors (Lipinski definition) is 7. The molecule has 0 bridgehead atoms. The van der Waals surface area contributed by atoms with Crippen LogP contribution < -0.4 is 14.8 Å². The van der Waals surface area contributed by atoms with Crippen molar-refractivity contribution < 1.29 is 28.2 Å². The molecule has 0 saturated heterocycles. The monoisotopic (exact) mass is 479 g/mol. The second kappa shape index (κ2) is 10.4. The summed E-state index contributed by atoms with van der Waals surface area (Å²) in [6.07, 6.45) is 2.66. The highest BCUT2D eigenvalue weighted by Gasteiger charge is 2.42. The summed E-state index contributed by atoms with van der Waals surface area (Å²) in [6.45, 7) is 6.09. The summed E-state index contributed by atoms with van der Waals surface area (Å²) in [6, 6.07) is 9.46. The normalized spacial score (nSPS) is 19.9. The molecule has 0 saturated carbocycles. The summed E-state index contributed by atoms with van der Waals surface area (Å²) in [5, 5.41) is 3.37. The number of ketones is 1. The van der Waals surface area contributed by atoms with E-state index in [2.05, 4.69) is 5.32 Å². The molecule has 0 radical (unpaired) electrons. The zero-order chi connectivity index (χ0) is 25.1. The van der Waals surface area contributed by atoms with Crippen molar-refractivity contribution in [3.63, 3.8) is 0 Å². The number of rotatable bonds is 8. The standard InChI is InChI=1S/C28H33NO6/c1-6-7-12-34-28(31)25-17(3)29-20-13-19(18-9-11-22(32-4)24(15-18)33-5)14-21(30)26(20)27(25)23-10-8-16(2)35-23/h8-11,15,19,27,29H,6-7,12-14H2,1-5H3/t19-,27+/m1/s1. The number of furan rings is 1. The highest BCUT2D eigenvalue weighted by Crippen LogP contribution is 2.46. The van der Waals surface area contributed by atoms with E-state index in [4.69, 9.17) is 18.6 Å². The zero-order valence-electron chi connectivity index (χ0n) is 21.0. The van der Waals surface area contributed by atoms with Gasteiger partial charge in [-0.3, -0.25) is 4.79 Å². The van der Waals surface area contributed by atoms with Gasteiger partial charge in [0.15, 0.2) is 17.3 Å². The van der Waals surface area contributed by atoms with Crippen molar-refractivity contribution in [3.8, 4) is 11.5 Å². The minimum atomic E-state index is -0.590. The SMILES string of the molecule is CCCCOC(=O)C1=C(C)NC2=C(C(=O)C[C@H](c3ccc(OC)c(OC)c3)C2)[C@H]1c1ccc(C)o1. The second-order valence-corrected chi connectivity index (χ2v) is 9.07. The molecule has 0 fully saturated rings. The molecule has 2 atom stereocenters. The Balaban J connectivity index is 1.71. The van der Waals surface area contributed by atoms with E-state index in [0.717, 1.165) is 29.9 Å². The Morgan fingerprint density at radius 3 is 2.51 bits per heavy atom. The Morgan fingerprint density at radius 1 is 1.09 bits per heavy atom. The number of dihydropyridines is 1. The maximum atomic E-state index is 13.6. The fraction of sp³-hybridized carbons (Fsp3) is 0.429. The topological polar surface area (TPSA) is 87.0 Å². The van der Waals surface area contributed by atoms with Crippen molar-refractivity contribution in [2.24, 2.45) is 0 Å². The van der Waals surface area contributed by atoms with E-state index in [1.807, 2.05) is 51.1 Å². The van der Waals surface area contributed by atoms with Gasteiger partial charge in [-0.1, -0.05) is 19.4 Å². The number of esters is 1. The minimum Gasteiger partial charge on any atom is -0.493 e. The minimum absolute atomic E-state index is 0.0102. The molecule has 1 aliphatic carbocycles. The predicted molar refractivity (Wildman–Crippen MR) is 131 cm³/mol. The molecule has 1 N–H and O–H groups in total. The molecule has 7 nitrogen and oxygen atoms in total. The highest BCUT2D eigenvalue weighted by atomic mass is 16.5. The number of methoxy groups -OCH3 is 2. The summed E-state index contributed by atoms with van der Waals surface area (Å²) in [5.41, 5.74) is 3.53. The van der Waals surface area contributed by atoms with Gasteiger partial charge in [-0.05, 0) is 62.4 Å². The van der Waals surface area contributed by atoms with E-state index in [9.17, 15) is 9.59 Å². The number of carbonyl (C=O) groups is 2. The van der Waals surface area contributed by atoms with Crippen LogP contribution in [0.3, 0.4) is 0 Å². The fourth-order valence-electron chi connectivity index (χ4n) is 4.93. The van der Waals surface area contributed by atoms with Crippen LogP contribution in [0.2, 0.25) is 0 Å². The number of ether oxygens (including phenoxy) is 3. The van der Waals surface area contributed by atoms with Gasteiger partial charge in [0.25, 0.3) is 0 Å². The number of allylic oxidation sites excluding steroid dienone is 3. The molecule has 2 aromatic rings. The van der Waals surface area contributed by atoms with Gasteiger partial charge in [-0.25, -0.2) is 4.79 Å². The van der Waals surface area contributed by atoms with Crippen LogP contribution in [-0.2, 0) is 14.3 Å². The maximum Gasteiger partial charge on any atom is 0.336 e. The highest BCUT2D eigenvalue weighted by molar-refractivity contribution is 6.04. The number of Topliss-reactive ketones (excluding diaryl/α,β-unsaturated/α-hetero) is 1. The van der Waals surface area contributed by atoms with E-state index in [-0.39, 0.29) is 11.7 Å². The number of hydrogen-bond donors (Lipinski definition) is 1. The molecule has 35 heavy (non-hydrogen) atoms. The first-order valence-corrected chi connectivity index (χ1v) is 12.1. The molecule has 2 heterocycles. The molecule has 7 heteroatoms. The quantitative estimate of drug-likeness (QED) is 0.405. The first kappa shape index (κ1) is 24.6. The van der Waals surface area contributed by atoms with Gasteiger partial charge in [0, 0.05) is 23.4 Å². The van der Waals surface area contributed by atoms with Crippen molar-refractivity contribution in [2.45, 2.75) is 58.3 Å². The molecular formula is C28H33NO6. The summed E-state index contributed by atoms with van der Waals surface area (Å²) in [7, 11) is 3.20. The van der Waals surface area contributed by atoms with E-state index < -0.39 is 11.9 Å². The number of nitrogens with one attached hydrogen (secondary N) is 1.